The van der Waals surface area contributed by atoms with Gasteiger partial charge < -0.3 is 11.1 Å². The van der Waals surface area contributed by atoms with Gasteiger partial charge in [0.2, 0.25) is 0 Å². The maximum atomic E-state index is 12.4. The van der Waals surface area contributed by atoms with Crippen molar-refractivity contribution >= 4 is 27.3 Å². The van der Waals surface area contributed by atoms with E-state index in [-0.39, 0.29) is 0 Å². The average Bonchev–Trinajstić information content (AvgIpc) is 2.97. The van der Waals surface area contributed by atoms with Crippen molar-refractivity contribution < 1.29 is 8.42 Å². The molecular formula is C16H30N4O2S2. The number of nitrogens with two attached hydrogens (primary N) is 1. The topological polar surface area (TPSA) is 87.8 Å². The Labute approximate surface area is 150 Å². The third kappa shape index (κ3) is 6.41. The lowest BCUT2D eigenvalue weighted by atomic mass is 10.1. The molecule has 0 aliphatic rings. The van der Waals surface area contributed by atoms with Gasteiger partial charge in [0, 0.05) is 31.1 Å². The van der Waals surface area contributed by atoms with Crippen LogP contribution in [0, 0.1) is 5.92 Å². The second-order valence-electron chi connectivity index (χ2n) is 5.94. The summed E-state index contributed by atoms with van der Waals surface area (Å²) in [6, 6.07) is 3.56. The Morgan fingerprint density at radius 1 is 1.33 bits per heavy atom. The molecule has 3 N–H and O–H groups in total. The number of thiophene rings is 1. The van der Waals surface area contributed by atoms with Crippen LogP contribution in [0.5, 0.6) is 0 Å². The van der Waals surface area contributed by atoms with E-state index >= 15 is 0 Å². The summed E-state index contributed by atoms with van der Waals surface area (Å²) in [7, 11) is -3.36. The van der Waals surface area contributed by atoms with Crippen LogP contribution in [0.25, 0.3) is 0 Å². The molecule has 0 fully saturated rings. The van der Waals surface area contributed by atoms with Gasteiger partial charge in [0.1, 0.15) is 4.21 Å². The molecule has 0 unspecified atom stereocenters. The first-order chi connectivity index (χ1) is 11.3. The van der Waals surface area contributed by atoms with Crippen molar-refractivity contribution in [2.75, 3.05) is 26.2 Å². The summed E-state index contributed by atoms with van der Waals surface area (Å²) < 4.78 is 26.8. The summed E-state index contributed by atoms with van der Waals surface area (Å²) in [6.07, 6.45) is 1.73. The van der Waals surface area contributed by atoms with Gasteiger partial charge in [-0.3, -0.25) is 4.99 Å². The number of aliphatic imine (C=N–C) groups is 1. The zero-order valence-corrected chi connectivity index (χ0v) is 16.7. The number of hydrogen-bond acceptors (Lipinski definition) is 4. The number of nitrogens with zero attached hydrogens (tertiary/aromatic N) is 2. The van der Waals surface area contributed by atoms with Crippen molar-refractivity contribution in [2.45, 2.75) is 44.7 Å². The second kappa shape index (κ2) is 10.0. The minimum absolute atomic E-state index is 0.403. The zero-order chi connectivity index (χ0) is 18.2. The fraction of sp³-hybridized carbons (Fsp3) is 0.688. The van der Waals surface area contributed by atoms with Crippen molar-refractivity contribution in [3.63, 3.8) is 0 Å². The van der Waals surface area contributed by atoms with Crippen LogP contribution < -0.4 is 11.1 Å². The molecule has 0 saturated carbocycles. The summed E-state index contributed by atoms with van der Waals surface area (Å²) in [4.78, 5) is 5.29. The second-order valence-corrected chi connectivity index (χ2v) is 9.27. The number of hydrogen-bond donors (Lipinski definition) is 2. The molecule has 8 heteroatoms. The molecule has 1 rings (SSSR count). The summed E-state index contributed by atoms with van der Waals surface area (Å²) in [5.74, 6) is 1.06. The SMILES string of the molecule is CCN(CC)S(=O)(=O)c1ccc(CCNC(N)=NCCC(C)C)s1. The third-order valence-corrected chi connectivity index (χ3v) is 7.26. The molecule has 0 aromatic carbocycles. The van der Waals surface area contributed by atoms with Crippen molar-refractivity contribution in [1.29, 1.82) is 0 Å². The average molecular weight is 375 g/mol. The minimum Gasteiger partial charge on any atom is -0.370 e. The predicted molar refractivity (Wildman–Crippen MR) is 102 cm³/mol. The van der Waals surface area contributed by atoms with Gasteiger partial charge in [-0.25, -0.2) is 8.42 Å². The van der Waals surface area contributed by atoms with E-state index in [1.807, 2.05) is 19.9 Å². The Morgan fingerprint density at radius 3 is 2.58 bits per heavy atom. The normalized spacial score (nSPS) is 13.0. The summed E-state index contributed by atoms with van der Waals surface area (Å²) in [5, 5.41) is 3.07. The van der Waals surface area contributed by atoms with E-state index in [4.69, 9.17) is 5.73 Å². The van der Waals surface area contributed by atoms with Gasteiger partial charge in [-0.05, 0) is 30.9 Å². The molecule has 1 aromatic rings. The van der Waals surface area contributed by atoms with Crippen LogP contribution in [0.3, 0.4) is 0 Å². The van der Waals surface area contributed by atoms with E-state index in [1.54, 1.807) is 6.07 Å². The van der Waals surface area contributed by atoms with Crippen LogP contribution in [-0.4, -0.2) is 44.9 Å². The van der Waals surface area contributed by atoms with Crippen LogP contribution in [0.2, 0.25) is 0 Å². The molecule has 0 bridgehead atoms. The molecular weight excluding hydrogens is 344 g/mol. The van der Waals surface area contributed by atoms with E-state index in [2.05, 4.69) is 24.2 Å². The monoisotopic (exact) mass is 374 g/mol. The lowest BCUT2D eigenvalue weighted by Crippen LogP contribution is -2.33. The predicted octanol–water partition coefficient (Wildman–Crippen LogP) is 2.27. The van der Waals surface area contributed by atoms with Gasteiger partial charge in [0.25, 0.3) is 10.0 Å². The molecule has 24 heavy (non-hydrogen) atoms. The van der Waals surface area contributed by atoms with Crippen molar-refractivity contribution in [1.82, 2.24) is 9.62 Å². The summed E-state index contributed by atoms with van der Waals surface area (Å²) in [6.45, 7) is 10.3. The molecule has 0 amide bonds. The molecule has 6 nitrogen and oxygen atoms in total. The maximum absolute atomic E-state index is 12.4. The van der Waals surface area contributed by atoms with Crippen molar-refractivity contribution in [3.05, 3.63) is 17.0 Å². The van der Waals surface area contributed by atoms with Gasteiger partial charge in [-0.15, -0.1) is 11.3 Å². The molecule has 0 radical (unpaired) electrons. The van der Waals surface area contributed by atoms with E-state index in [1.165, 1.54) is 15.6 Å². The van der Waals surface area contributed by atoms with Gasteiger partial charge in [-0.2, -0.15) is 4.31 Å². The van der Waals surface area contributed by atoms with Crippen molar-refractivity contribution in [3.8, 4) is 0 Å². The molecule has 1 heterocycles. The van der Waals surface area contributed by atoms with Gasteiger partial charge in [0.15, 0.2) is 5.96 Å². The van der Waals surface area contributed by atoms with E-state index < -0.39 is 10.0 Å². The van der Waals surface area contributed by atoms with E-state index in [9.17, 15) is 8.42 Å². The smallest absolute Gasteiger partial charge is 0.252 e. The van der Waals surface area contributed by atoms with Crippen LogP contribution in [-0.2, 0) is 16.4 Å². The standard InChI is InChI=1S/C16H30N4O2S2/c1-5-20(6-2)24(21,22)15-8-7-14(23-15)10-12-19-16(17)18-11-9-13(3)4/h7-8,13H,5-6,9-12H2,1-4H3,(H3,17,18,19). The lowest BCUT2D eigenvalue weighted by molar-refractivity contribution is 0.447. The van der Waals surface area contributed by atoms with Crippen LogP contribution in [0.4, 0.5) is 0 Å². The zero-order valence-electron chi connectivity index (χ0n) is 15.1. The number of sulfonamides is 1. The Bertz CT molecular complexity index is 620. The lowest BCUT2D eigenvalue weighted by Gasteiger charge is -2.16. The number of nitrogens with one attached hydrogen (secondary N) is 1. The molecule has 138 valence electrons. The van der Waals surface area contributed by atoms with Gasteiger partial charge in [0.05, 0.1) is 0 Å². The van der Waals surface area contributed by atoms with Gasteiger partial charge in [-0.1, -0.05) is 27.7 Å². The van der Waals surface area contributed by atoms with E-state index in [0.717, 1.165) is 24.3 Å². The fourth-order valence-corrected chi connectivity index (χ4v) is 5.10. The molecule has 0 aliphatic heterocycles. The molecule has 0 saturated heterocycles. The Kier molecular flexibility index (Phi) is 8.72. The Balaban J connectivity index is 2.53. The van der Waals surface area contributed by atoms with Gasteiger partial charge >= 0.3 is 0 Å². The molecule has 0 atom stereocenters. The maximum Gasteiger partial charge on any atom is 0.252 e. The fourth-order valence-electron chi connectivity index (χ4n) is 2.13. The van der Waals surface area contributed by atoms with E-state index in [0.29, 0.717) is 35.7 Å². The summed E-state index contributed by atoms with van der Waals surface area (Å²) >= 11 is 1.32. The highest BCUT2D eigenvalue weighted by molar-refractivity contribution is 7.91. The first-order valence-electron chi connectivity index (χ1n) is 8.43. The molecule has 0 aliphatic carbocycles. The Morgan fingerprint density at radius 2 is 2.00 bits per heavy atom. The first-order valence-corrected chi connectivity index (χ1v) is 10.7. The molecule has 1 aromatic heterocycles. The largest absolute Gasteiger partial charge is 0.370 e. The first kappa shape index (κ1) is 20.9. The molecule has 0 spiro atoms. The van der Waals surface area contributed by atoms with Crippen LogP contribution in [0.15, 0.2) is 21.3 Å². The Hall–Kier alpha value is -1.12. The highest BCUT2D eigenvalue weighted by Crippen LogP contribution is 2.25. The highest BCUT2D eigenvalue weighted by atomic mass is 32.2. The number of rotatable bonds is 10. The summed E-state index contributed by atoms with van der Waals surface area (Å²) in [5.41, 5.74) is 5.81. The van der Waals surface area contributed by atoms with Crippen molar-refractivity contribution in [2.24, 2.45) is 16.6 Å². The van der Waals surface area contributed by atoms with Crippen LogP contribution >= 0.6 is 11.3 Å². The third-order valence-electron chi connectivity index (χ3n) is 3.60. The minimum atomic E-state index is -3.36. The van der Waals surface area contributed by atoms with Crippen LogP contribution in [0.1, 0.15) is 39.0 Å². The highest BCUT2D eigenvalue weighted by Gasteiger charge is 2.23. The number of guanidine groups is 1. The quantitative estimate of drug-likeness (QED) is 0.486.